The van der Waals surface area contributed by atoms with Gasteiger partial charge in [0.05, 0.1) is 6.61 Å². The fraction of sp³-hybridized carbons (Fsp3) is 0.909. The first-order valence-electron chi connectivity index (χ1n) is 5.13. The van der Waals surface area contributed by atoms with Crippen LogP contribution in [0.2, 0.25) is 0 Å². The van der Waals surface area contributed by atoms with Crippen molar-refractivity contribution >= 4 is 6.47 Å². The molecule has 13 heavy (non-hydrogen) atoms. The van der Waals surface area contributed by atoms with Gasteiger partial charge in [-0.1, -0.05) is 20.8 Å². The molecule has 76 valence electrons. The predicted octanol–water partition coefficient (Wildman–Crippen LogP) is 2.62. The monoisotopic (exact) mass is 184 g/mol. The van der Waals surface area contributed by atoms with Crippen molar-refractivity contribution in [3.63, 3.8) is 0 Å². The van der Waals surface area contributed by atoms with Crippen LogP contribution in [-0.2, 0) is 9.53 Å². The molecule has 0 aromatic carbocycles. The Labute approximate surface area is 80.7 Å². The van der Waals surface area contributed by atoms with Crippen LogP contribution in [0.4, 0.5) is 0 Å². The molecular weight excluding hydrogens is 164 g/mol. The van der Waals surface area contributed by atoms with Crippen molar-refractivity contribution in [2.45, 2.75) is 40.0 Å². The molecule has 0 spiro atoms. The van der Waals surface area contributed by atoms with E-state index in [4.69, 9.17) is 4.74 Å². The zero-order chi connectivity index (χ0) is 9.90. The highest BCUT2D eigenvalue weighted by atomic mass is 16.5. The first-order valence-corrected chi connectivity index (χ1v) is 5.13. The van der Waals surface area contributed by atoms with Gasteiger partial charge in [-0.15, -0.1) is 0 Å². The maximum atomic E-state index is 10.1. The van der Waals surface area contributed by atoms with Crippen molar-refractivity contribution in [1.29, 1.82) is 0 Å². The van der Waals surface area contributed by atoms with Crippen LogP contribution >= 0.6 is 0 Å². The molecule has 1 aliphatic carbocycles. The van der Waals surface area contributed by atoms with Crippen molar-refractivity contribution in [2.75, 3.05) is 6.61 Å². The zero-order valence-electron chi connectivity index (χ0n) is 8.88. The third kappa shape index (κ3) is 2.71. The Morgan fingerprint density at radius 2 is 2.15 bits per heavy atom. The molecule has 2 heteroatoms. The summed E-state index contributed by atoms with van der Waals surface area (Å²) in [6.07, 6.45) is 3.63. The molecule has 3 unspecified atom stereocenters. The predicted molar refractivity (Wildman–Crippen MR) is 52.3 cm³/mol. The van der Waals surface area contributed by atoms with Crippen LogP contribution in [0.25, 0.3) is 0 Å². The van der Waals surface area contributed by atoms with Gasteiger partial charge in [0.2, 0.25) is 0 Å². The lowest BCUT2D eigenvalue weighted by Gasteiger charge is -2.39. The smallest absolute Gasteiger partial charge is 0.293 e. The SMILES string of the molecule is CC1CCC(C)(COC=O)CC1C. The van der Waals surface area contributed by atoms with Crippen LogP contribution in [0.1, 0.15) is 40.0 Å². The number of ether oxygens (including phenoxy) is 1. The van der Waals surface area contributed by atoms with Gasteiger partial charge in [-0.3, -0.25) is 4.79 Å². The molecule has 0 amide bonds. The lowest BCUT2D eigenvalue weighted by Crippen LogP contribution is -2.33. The lowest BCUT2D eigenvalue weighted by atomic mass is 9.68. The Bertz CT molecular complexity index is 179. The summed E-state index contributed by atoms with van der Waals surface area (Å²) in [6, 6.07) is 0. The summed E-state index contributed by atoms with van der Waals surface area (Å²) in [5.41, 5.74) is 0.229. The van der Waals surface area contributed by atoms with Crippen molar-refractivity contribution in [2.24, 2.45) is 17.3 Å². The Balaban J connectivity index is 2.46. The fourth-order valence-electron chi connectivity index (χ4n) is 2.31. The van der Waals surface area contributed by atoms with Crippen LogP contribution < -0.4 is 0 Å². The maximum absolute atomic E-state index is 10.1. The Morgan fingerprint density at radius 1 is 1.46 bits per heavy atom. The van der Waals surface area contributed by atoms with E-state index < -0.39 is 0 Å². The van der Waals surface area contributed by atoms with E-state index in [-0.39, 0.29) is 5.41 Å². The van der Waals surface area contributed by atoms with E-state index in [1.54, 1.807) is 0 Å². The van der Waals surface area contributed by atoms with Crippen LogP contribution in [0.15, 0.2) is 0 Å². The van der Waals surface area contributed by atoms with Crippen molar-refractivity contribution < 1.29 is 9.53 Å². The second-order valence-corrected chi connectivity index (χ2v) is 4.92. The van der Waals surface area contributed by atoms with Crippen LogP contribution in [0, 0.1) is 17.3 Å². The van der Waals surface area contributed by atoms with Crippen LogP contribution in [0.5, 0.6) is 0 Å². The molecule has 1 aliphatic rings. The molecule has 1 rings (SSSR count). The molecule has 1 saturated carbocycles. The quantitative estimate of drug-likeness (QED) is 0.630. The van der Waals surface area contributed by atoms with E-state index in [1.807, 2.05) is 0 Å². The van der Waals surface area contributed by atoms with Gasteiger partial charge in [-0.25, -0.2) is 0 Å². The van der Waals surface area contributed by atoms with E-state index >= 15 is 0 Å². The van der Waals surface area contributed by atoms with Gasteiger partial charge >= 0.3 is 0 Å². The highest BCUT2D eigenvalue weighted by molar-refractivity contribution is 5.37. The highest BCUT2D eigenvalue weighted by Gasteiger charge is 2.34. The third-order valence-electron chi connectivity index (χ3n) is 3.49. The van der Waals surface area contributed by atoms with Crippen molar-refractivity contribution in [1.82, 2.24) is 0 Å². The minimum Gasteiger partial charge on any atom is -0.467 e. The molecule has 0 aromatic rings. The topological polar surface area (TPSA) is 26.3 Å². The molecule has 0 saturated heterocycles. The largest absolute Gasteiger partial charge is 0.467 e. The van der Waals surface area contributed by atoms with Gasteiger partial charge < -0.3 is 4.74 Å². The van der Waals surface area contributed by atoms with E-state index in [0.29, 0.717) is 13.1 Å². The molecule has 0 aliphatic heterocycles. The Morgan fingerprint density at radius 3 is 2.69 bits per heavy atom. The summed E-state index contributed by atoms with van der Waals surface area (Å²) in [4.78, 5) is 10.1. The minimum absolute atomic E-state index is 0.229. The van der Waals surface area contributed by atoms with Gasteiger partial charge in [0.25, 0.3) is 6.47 Å². The van der Waals surface area contributed by atoms with E-state index in [1.165, 1.54) is 19.3 Å². The second kappa shape index (κ2) is 4.12. The summed E-state index contributed by atoms with van der Waals surface area (Å²) < 4.78 is 4.88. The Kier molecular flexibility index (Phi) is 3.34. The molecule has 0 radical (unpaired) electrons. The van der Waals surface area contributed by atoms with E-state index in [0.717, 1.165) is 11.8 Å². The van der Waals surface area contributed by atoms with Gasteiger partial charge in [0.15, 0.2) is 0 Å². The maximum Gasteiger partial charge on any atom is 0.293 e. The summed E-state index contributed by atoms with van der Waals surface area (Å²) in [5.74, 6) is 1.58. The molecule has 2 nitrogen and oxygen atoms in total. The molecular formula is C11H20O2. The lowest BCUT2D eigenvalue weighted by molar-refractivity contribution is -0.133. The average Bonchev–Trinajstić information content (AvgIpc) is 2.09. The Hall–Kier alpha value is -0.530. The number of carbonyl (C=O) groups is 1. The molecule has 1 fully saturated rings. The van der Waals surface area contributed by atoms with Crippen molar-refractivity contribution in [3.05, 3.63) is 0 Å². The van der Waals surface area contributed by atoms with Gasteiger partial charge in [-0.2, -0.15) is 0 Å². The van der Waals surface area contributed by atoms with Gasteiger partial charge in [-0.05, 0) is 31.1 Å². The van der Waals surface area contributed by atoms with Gasteiger partial charge in [0, 0.05) is 5.41 Å². The van der Waals surface area contributed by atoms with E-state index in [9.17, 15) is 4.79 Å². The number of rotatable bonds is 3. The second-order valence-electron chi connectivity index (χ2n) is 4.92. The van der Waals surface area contributed by atoms with Crippen LogP contribution in [0.3, 0.4) is 0 Å². The average molecular weight is 184 g/mol. The first-order chi connectivity index (χ1) is 6.07. The molecule has 3 atom stereocenters. The summed E-state index contributed by atoms with van der Waals surface area (Å²) >= 11 is 0. The molecule has 0 bridgehead atoms. The summed E-state index contributed by atoms with van der Waals surface area (Å²) in [7, 11) is 0. The van der Waals surface area contributed by atoms with Gasteiger partial charge in [0.1, 0.15) is 0 Å². The highest BCUT2D eigenvalue weighted by Crippen LogP contribution is 2.41. The number of hydrogen-bond acceptors (Lipinski definition) is 2. The molecule has 0 N–H and O–H groups in total. The van der Waals surface area contributed by atoms with Crippen LogP contribution in [-0.4, -0.2) is 13.1 Å². The minimum atomic E-state index is 0.229. The number of carbonyl (C=O) groups excluding carboxylic acids is 1. The standard InChI is InChI=1S/C11H20O2/c1-9-4-5-11(3,6-10(9)2)7-13-8-12/h8-10H,4-7H2,1-3H3. The van der Waals surface area contributed by atoms with E-state index in [2.05, 4.69) is 20.8 Å². The number of hydrogen-bond donors (Lipinski definition) is 0. The van der Waals surface area contributed by atoms with Crippen molar-refractivity contribution in [3.8, 4) is 0 Å². The molecule has 0 aromatic heterocycles. The fourth-order valence-corrected chi connectivity index (χ4v) is 2.31. The summed E-state index contributed by atoms with van der Waals surface area (Å²) in [6.45, 7) is 7.98. The first kappa shape index (κ1) is 10.6. The normalized spacial score (nSPS) is 39.9. The third-order valence-corrected chi connectivity index (χ3v) is 3.49. The zero-order valence-corrected chi connectivity index (χ0v) is 8.88. The molecule has 0 heterocycles. The summed E-state index contributed by atoms with van der Waals surface area (Å²) in [5, 5.41) is 0.